The van der Waals surface area contributed by atoms with Crippen molar-refractivity contribution >= 4 is 49.9 Å². The van der Waals surface area contributed by atoms with E-state index in [-0.39, 0.29) is 0 Å². The van der Waals surface area contributed by atoms with E-state index in [1.807, 2.05) is 24.4 Å². The lowest BCUT2D eigenvalue weighted by atomic mass is 9.88. The first-order chi connectivity index (χ1) is 10.7. The fraction of sp³-hybridized carbons (Fsp3) is 0.357. The van der Waals surface area contributed by atoms with Gasteiger partial charge in [0.25, 0.3) is 0 Å². The average Bonchev–Trinajstić information content (AvgIpc) is 3.06. The first kappa shape index (κ1) is 13.9. The van der Waals surface area contributed by atoms with E-state index >= 15 is 0 Å². The molecular weight excluding hydrogens is 316 g/mol. The Bertz CT molecular complexity index is 805. The van der Waals surface area contributed by atoms with Crippen LogP contribution in [0.2, 0.25) is 0 Å². The lowest BCUT2D eigenvalue weighted by Gasteiger charge is -2.33. The molecule has 114 valence electrons. The summed E-state index contributed by atoms with van der Waals surface area (Å²) in [5, 5.41) is 9.72. The van der Waals surface area contributed by atoms with Crippen molar-refractivity contribution in [3.63, 3.8) is 0 Å². The third-order valence-corrected chi connectivity index (χ3v) is 5.39. The molecule has 0 aliphatic heterocycles. The summed E-state index contributed by atoms with van der Waals surface area (Å²) in [6.45, 7) is 1.97. The first-order valence-electron chi connectivity index (χ1n) is 7.15. The van der Waals surface area contributed by atoms with Gasteiger partial charge in [-0.2, -0.15) is 9.36 Å². The summed E-state index contributed by atoms with van der Waals surface area (Å²) in [5.41, 5.74) is 7.81. The van der Waals surface area contributed by atoms with Gasteiger partial charge in [0.2, 0.25) is 5.95 Å². The van der Waals surface area contributed by atoms with Crippen LogP contribution in [-0.4, -0.2) is 26.4 Å². The Balaban J connectivity index is 1.64. The van der Waals surface area contributed by atoms with Crippen molar-refractivity contribution in [2.24, 2.45) is 5.73 Å². The van der Waals surface area contributed by atoms with Gasteiger partial charge >= 0.3 is 0 Å². The molecule has 8 heteroatoms. The fourth-order valence-corrected chi connectivity index (χ4v) is 3.96. The number of nitrogens with two attached hydrogens (primary N) is 1. The molecule has 0 amide bonds. The number of fused-ring (bicyclic) bond motifs is 1. The third-order valence-electron chi connectivity index (χ3n) is 3.68. The van der Waals surface area contributed by atoms with Gasteiger partial charge in [-0.15, -0.1) is 11.3 Å². The van der Waals surface area contributed by atoms with E-state index in [2.05, 4.69) is 25.0 Å². The zero-order valence-corrected chi connectivity index (χ0v) is 13.7. The van der Waals surface area contributed by atoms with Crippen molar-refractivity contribution in [1.82, 2.24) is 14.3 Å². The molecule has 6 nitrogen and oxygen atoms in total. The summed E-state index contributed by atoms with van der Waals surface area (Å²) in [6.07, 6.45) is 1.99. The second-order valence-corrected chi connectivity index (χ2v) is 7.28. The minimum absolute atomic E-state index is 0.316. The zero-order chi connectivity index (χ0) is 15.1. The van der Waals surface area contributed by atoms with E-state index in [1.54, 1.807) is 11.3 Å². The Morgan fingerprint density at radius 3 is 2.91 bits per heavy atom. The van der Waals surface area contributed by atoms with E-state index in [0.29, 0.717) is 18.0 Å². The Morgan fingerprint density at radius 1 is 1.32 bits per heavy atom. The largest absolute Gasteiger partial charge is 0.366 e. The molecule has 1 aliphatic carbocycles. The predicted octanol–water partition coefficient (Wildman–Crippen LogP) is 3.10. The Labute approximate surface area is 136 Å². The van der Waals surface area contributed by atoms with Crippen molar-refractivity contribution in [1.29, 1.82) is 0 Å². The number of aryl methyl sites for hydroxylation is 1. The summed E-state index contributed by atoms with van der Waals surface area (Å²) < 4.78 is 5.35. The highest BCUT2D eigenvalue weighted by Crippen LogP contribution is 2.31. The number of hydrogen-bond acceptors (Lipinski definition) is 8. The van der Waals surface area contributed by atoms with Crippen LogP contribution in [0.15, 0.2) is 17.5 Å². The van der Waals surface area contributed by atoms with Crippen LogP contribution in [0.4, 0.5) is 16.8 Å². The molecule has 22 heavy (non-hydrogen) atoms. The summed E-state index contributed by atoms with van der Waals surface area (Å²) in [6, 6.07) is 4.73. The SMILES string of the molecule is Cc1cc(Nc2nc(N[C@H]3C[C@H](N)C3)c3sccc3n2)sn1. The van der Waals surface area contributed by atoms with Gasteiger partial charge in [-0.25, -0.2) is 4.98 Å². The molecule has 0 aromatic carbocycles. The molecule has 0 radical (unpaired) electrons. The van der Waals surface area contributed by atoms with Crippen molar-refractivity contribution in [3.05, 3.63) is 23.2 Å². The van der Waals surface area contributed by atoms with E-state index < -0.39 is 0 Å². The minimum Gasteiger partial charge on any atom is -0.366 e. The molecule has 0 atom stereocenters. The van der Waals surface area contributed by atoms with Gasteiger partial charge in [0.15, 0.2) is 0 Å². The minimum atomic E-state index is 0.316. The van der Waals surface area contributed by atoms with E-state index in [0.717, 1.165) is 39.6 Å². The quantitative estimate of drug-likeness (QED) is 0.680. The summed E-state index contributed by atoms with van der Waals surface area (Å²) in [4.78, 5) is 9.21. The molecule has 1 aliphatic rings. The molecule has 4 rings (SSSR count). The van der Waals surface area contributed by atoms with Crippen LogP contribution in [0.3, 0.4) is 0 Å². The van der Waals surface area contributed by atoms with E-state index in [9.17, 15) is 0 Å². The number of thiophene rings is 1. The Morgan fingerprint density at radius 2 is 2.18 bits per heavy atom. The fourth-order valence-electron chi connectivity index (χ4n) is 2.52. The normalized spacial score (nSPS) is 20.8. The third kappa shape index (κ3) is 2.65. The van der Waals surface area contributed by atoms with Crippen LogP contribution in [0.25, 0.3) is 10.2 Å². The van der Waals surface area contributed by atoms with E-state index in [4.69, 9.17) is 5.73 Å². The predicted molar refractivity (Wildman–Crippen MR) is 92.2 cm³/mol. The van der Waals surface area contributed by atoms with Crippen molar-refractivity contribution in [2.45, 2.75) is 31.8 Å². The highest BCUT2D eigenvalue weighted by Gasteiger charge is 2.26. The van der Waals surface area contributed by atoms with Crippen molar-refractivity contribution in [3.8, 4) is 0 Å². The molecule has 1 fully saturated rings. The maximum Gasteiger partial charge on any atom is 0.230 e. The number of nitrogens with one attached hydrogen (secondary N) is 2. The van der Waals surface area contributed by atoms with Gasteiger partial charge in [0.1, 0.15) is 10.8 Å². The van der Waals surface area contributed by atoms with E-state index in [1.165, 1.54) is 11.5 Å². The number of nitrogens with zero attached hydrogens (tertiary/aromatic N) is 3. The molecule has 0 bridgehead atoms. The standard InChI is InChI=1S/C14H16N6S2/c1-7-4-11(22-20-7)18-14-17-10-2-3-21-12(10)13(19-14)16-9-5-8(15)6-9/h2-4,8-9H,5-6,15H2,1H3,(H2,16,17,18,19)/t8-,9-. The molecule has 3 heterocycles. The highest BCUT2D eigenvalue weighted by molar-refractivity contribution is 7.17. The zero-order valence-electron chi connectivity index (χ0n) is 12.0. The van der Waals surface area contributed by atoms with Gasteiger partial charge in [0.05, 0.1) is 15.9 Å². The van der Waals surface area contributed by atoms with Crippen molar-refractivity contribution < 1.29 is 0 Å². The van der Waals surface area contributed by atoms with Crippen LogP contribution < -0.4 is 16.4 Å². The molecular formula is C14H16N6S2. The van der Waals surface area contributed by atoms with Gasteiger partial charge in [0, 0.05) is 12.1 Å². The maximum atomic E-state index is 5.86. The molecule has 0 unspecified atom stereocenters. The van der Waals surface area contributed by atoms with Crippen LogP contribution in [0.5, 0.6) is 0 Å². The first-order valence-corrected chi connectivity index (χ1v) is 8.80. The highest BCUT2D eigenvalue weighted by atomic mass is 32.1. The summed E-state index contributed by atoms with van der Waals surface area (Å²) >= 11 is 3.07. The topological polar surface area (TPSA) is 88.8 Å². The van der Waals surface area contributed by atoms with Crippen molar-refractivity contribution in [2.75, 3.05) is 10.6 Å². The summed E-state index contributed by atoms with van der Waals surface area (Å²) in [7, 11) is 0. The average molecular weight is 332 g/mol. The monoisotopic (exact) mass is 332 g/mol. The Hall–Kier alpha value is -1.77. The van der Waals surface area contributed by atoms with Crippen LogP contribution in [0, 0.1) is 6.92 Å². The second kappa shape index (κ2) is 5.45. The molecule has 3 aromatic heterocycles. The lowest BCUT2D eigenvalue weighted by Crippen LogP contribution is -2.44. The second-order valence-electron chi connectivity index (χ2n) is 5.56. The molecule has 0 spiro atoms. The van der Waals surface area contributed by atoms with Crippen LogP contribution >= 0.6 is 22.9 Å². The van der Waals surface area contributed by atoms with Gasteiger partial charge in [-0.05, 0) is 48.8 Å². The lowest BCUT2D eigenvalue weighted by molar-refractivity contribution is 0.373. The summed E-state index contributed by atoms with van der Waals surface area (Å²) in [5.74, 6) is 1.49. The maximum absolute atomic E-state index is 5.86. The molecule has 0 saturated heterocycles. The Kier molecular flexibility index (Phi) is 3.44. The van der Waals surface area contributed by atoms with Crippen LogP contribution in [-0.2, 0) is 0 Å². The molecule has 4 N–H and O–H groups in total. The number of hydrogen-bond donors (Lipinski definition) is 3. The molecule has 3 aromatic rings. The smallest absolute Gasteiger partial charge is 0.230 e. The van der Waals surface area contributed by atoms with Gasteiger partial charge in [-0.1, -0.05) is 0 Å². The number of anilines is 3. The van der Waals surface area contributed by atoms with Gasteiger partial charge in [-0.3, -0.25) is 0 Å². The molecule has 1 saturated carbocycles. The van der Waals surface area contributed by atoms with Gasteiger partial charge < -0.3 is 16.4 Å². The number of rotatable bonds is 4. The van der Waals surface area contributed by atoms with Crippen LogP contribution in [0.1, 0.15) is 18.5 Å². The number of aromatic nitrogens is 3.